The largest absolute Gasteiger partial charge is 0.298 e. The molecule has 1 aromatic carbocycles. The van der Waals surface area contributed by atoms with Gasteiger partial charge < -0.3 is 0 Å². The Labute approximate surface area is 99.0 Å². The highest BCUT2D eigenvalue weighted by Gasteiger charge is 2.46. The molecule has 2 unspecified atom stereocenters. The van der Waals surface area contributed by atoms with Gasteiger partial charge in [-0.1, -0.05) is 60.1 Å². The van der Waals surface area contributed by atoms with E-state index in [9.17, 15) is 4.79 Å². The maximum Gasteiger partial charge on any atom is 0.147 e. The van der Waals surface area contributed by atoms with Crippen molar-refractivity contribution in [2.75, 3.05) is 0 Å². The molecule has 1 fully saturated rings. The third kappa shape index (κ3) is 1.87. The summed E-state index contributed by atoms with van der Waals surface area (Å²) in [5, 5.41) is 0. The van der Waals surface area contributed by atoms with Crippen molar-refractivity contribution in [1.29, 1.82) is 0 Å². The molecule has 0 aromatic heterocycles. The molecule has 1 aliphatic rings. The van der Waals surface area contributed by atoms with E-state index >= 15 is 0 Å². The van der Waals surface area contributed by atoms with E-state index in [-0.39, 0.29) is 10.2 Å². The highest BCUT2D eigenvalue weighted by molar-refractivity contribution is 9.10. The highest BCUT2D eigenvalue weighted by atomic mass is 79.9. The summed E-state index contributed by atoms with van der Waals surface area (Å²) in [6.07, 6.45) is 0.669. The molecule has 0 radical (unpaired) electrons. The number of alkyl halides is 1. The minimum Gasteiger partial charge on any atom is -0.298 e. The molecule has 0 spiro atoms. The first kappa shape index (κ1) is 10.9. The molecule has 80 valence electrons. The van der Waals surface area contributed by atoms with E-state index in [0.717, 1.165) is 0 Å². The molecule has 0 bridgehead atoms. The molecule has 0 N–H and O–H groups in total. The molecule has 0 amide bonds. The molecule has 1 aromatic rings. The van der Waals surface area contributed by atoms with Gasteiger partial charge in [0.1, 0.15) is 5.78 Å². The molecule has 0 aliphatic heterocycles. The fraction of sp³-hybridized carbons (Fsp3) is 0.462. The predicted octanol–water partition coefficient (Wildman–Crippen LogP) is 3.53. The normalized spacial score (nSPS) is 29.4. The van der Waals surface area contributed by atoms with Gasteiger partial charge in [-0.15, -0.1) is 0 Å². The maximum atomic E-state index is 11.7. The third-order valence-electron chi connectivity index (χ3n) is 3.23. The van der Waals surface area contributed by atoms with Crippen LogP contribution in [-0.2, 0) is 4.79 Å². The summed E-state index contributed by atoms with van der Waals surface area (Å²) in [6.45, 7) is 4.34. The van der Waals surface area contributed by atoms with Crippen LogP contribution < -0.4 is 0 Å². The van der Waals surface area contributed by atoms with Gasteiger partial charge in [-0.2, -0.15) is 0 Å². The van der Waals surface area contributed by atoms with Gasteiger partial charge in [0.05, 0.1) is 4.83 Å². The van der Waals surface area contributed by atoms with Crippen molar-refractivity contribution in [2.45, 2.75) is 31.0 Å². The Morgan fingerprint density at radius 1 is 1.27 bits per heavy atom. The van der Waals surface area contributed by atoms with Crippen LogP contribution in [-0.4, -0.2) is 10.6 Å². The van der Waals surface area contributed by atoms with Crippen molar-refractivity contribution < 1.29 is 4.79 Å². The second kappa shape index (κ2) is 3.75. The van der Waals surface area contributed by atoms with Gasteiger partial charge in [0.15, 0.2) is 0 Å². The average molecular weight is 267 g/mol. The van der Waals surface area contributed by atoms with E-state index in [1.807, 2.05) is 18.2 Å². The number of hydrogen-bond acceptors (Lipinski definition) is 1. The summed E-state index contributed by atoms with van der Waals surface area (Å²) in [5.74, 6) is 0.625. The first-order chi connectivity index (χ1) is 7.02. The van der Waals surface area contributed by atoms with Crippen molar-refractivity contribution in [3.63, 3.8) is 0 Å². The second-order valence-electron chi connectivity index (χ2n) is 4.92. The number of carbonyl (C=O) groups is 1. The number of rotatable bonds is 1. The van der Waals surface area contributed by atoms with Crippen LogP contribution in [0.4, 0.5) is 0 Å². The zero-order valence-corrected chi connectivity index (χ0v) is 10.6. The zero-order valence-electron chi connectivity index (χ0n) is 9.03. The van der Waals surface area contributed by atoms with Crippen LogP contribution in [0.3, 0.4) is 0 Å². The van der Waals surface area contributed by atoms with Crippen molar-refractivity contribution in [2.24, 2.45) is 5.41 Å². The fourth-order valence-corrected chi connectivity index (χ4v) is 3.70. The Morgan fingerprint density at radius 2 is 1.87 bits per heavy atom. The van der Waals surface area contributed by atoms with Crippen LogP contribution in [0.25, 0.3) is 0 Å². The Morgan fingerprint density at radius 3 is 2.33 bits per heavy atom. The van der Waals surface area contributed by atoms with Gasteiger partial charge in [-0.3, -0.25) is 4.79 Å². The third-order valence-corrected chi connectivity index (χ3v) is 4.27. The van der Waals surface area contributed by atoms with Crippen LogP contribution in [0.15, 0.2) is 30.3 Å². The van der Waals surface area contributed by atoms with Crippen LogP contribution in [0.2, 0.25) is 0 Å². The molecule has 15 heavy (non-hydrogen) atoms. The predicted molar refractivity (Wildman–Crippen MR) is 65.3 cm³/mol. The molecule has 2 rings (SSSR count). The van der Waals surface area contributed by atoms with Crippen LogP contribution in [0.1, 0.15) is 31.7 Å². The minimum absolute atomic E-state index is 0.0186. The molecule has 1 saturated carbocycles. The lowest BCUT2D eigenvalue weighted by Crippen LogP contribution is -2.20. The summed E-state index contributed by atoms with van der Waals surface area (Å²) in [6, 6.07) is 10.3. The SMILES string of the molecule is CC1(C)CC(=O)C(Br)C1c1ccccc1. The first-order valence-electron chi connectivity index (χ1n) is 5.24. The number of halogens is 1. The van der Waals surface area contributed by atoms with Crippen molar-refractivity contribution >= 4 is 21.7 Å². The lowest BCUT2D eigenvalue weighted by molar-refractivity contribution is -0.117. The average Bonchev–Trinajstić information content (AvgIpc) is 2.37. The number of ketones is 1. The standard InChI is InChI=1S/C13H15BrO/c1-13(2)8-10(15)12(14)11(13)9-6-4-3-5-7-9/h3-7,11-12H,8H2,1-2H3. The smallest absolute Gasteiger partial charge is 0.147 e. The van der Waals surface area contributed by atoms with Crippen LogP contribution in [0.5, 0.6) is 0 Å². The maximum absolute atomic E-state index is 11.7. The molecule has 2 atom stereocenters. The Kier molecular flexibility index (Phi) is 2.72. The van der Waals surface area contributed by atoms with Gasteiger partial charge in [0, 0.05) is 12.3 Å². The van der Waals surface area contributed by atoms with E-state index < -0.39 is 0 Å². The van der Waals surface area contributed by atoms with Crippen LogP contribution in [0, 0.1) is 5.41 Å². The van der Waals surface area contributed by atoms with Gasteiger partial charge in [0.2, 0.25) is 0 Å². The second-order valence-corrected chi connectivity index (χ2v) is 5.91. The Hall–Kier alpha value is -0.630. The van der Waals surface area contributed by atoms with Crippen molar-refractivity contribution in [3.8, 4) is 0 Å². The number of hydrogen-bond donors (Lipinski definition) is 0. The minimum atomic E-state index is -0.0186. The van der Waals surface area contributed by atoms with Crippen molar-refractivity contribution in [1.82, 2.24) is 0 Å². The van der Waals surface area contributed by atoms with Gasteiger partial charge >= 0.3 is 0 Å². The van der Waals surface area contributed by atoms with Gasteiger partial charge in [0.25, 0.3) is 0 Å². The molecule has 2 heteroatoms. The number of Topliss-reactive ketones (excluding diaryl/α,β-unsaturated/α-hetero) is 1. The molecule has 1 aliphatic carbocycles. The van der Waals surface area contributed by atoms with E-state index in [4.69, 9.17) is 0 Å². The summed E-state index contributed by atoms with van der Waals surface area (Å²) in [7, 11) is 0. The zero-order chi connectivity index (χ0) is 11.1. The quantitative estimate of drug-likeness (QED) is 0.711. The van der Waals surface area contributed by atoms with Crippen molar-refractivity contribution in [3.05, 3.63) is 35.9 Å². The van der Waals surface area contributed by atoms with E-state index in [0.29, 0.717) is 18.1 Å². The lowest BCUT2D eigenvalue weighted by Gasteiger charge is -2.28. The fourth-order valence-electron chi connectivity index (χ4n) is 2.52. The number of carbonyl (C=O) groups excluding carboxylic acids is 1. The van der Waals surface area contributed by atoms with E-state index in [1.165, 1.54) is 5.56 Å². The Bertz CT molecular complexity index is 369. The van der Waals surface area contributed by atoms with Gasteiger partial charge in [-0.25, -0.2) is 0 Å². The molecular formula is C13H15BrO. The highest BCUT2D eigenvalue weighted by Crippen LogP contribution is 2.49. The molecule has 0 saturated heterocycles. The molecule has 0 heterocycles. The van der Waals surface area contributed by atoms with E-state index in [2.05, 4.69) is 41.9 Å². The Balaban J connectivity index is 2.40. The van der Waals surface area contributed by atoms with Gasteiger partial charge in [-0.05, 0) is 11.0 Å². The summed E-state index contributed by atoms with van der Waals surface area (Å²) in [5.41, 5.74) is 1.32. The summed E-state index contributed by atoms with van der Waals surface area (Å²) < 4.78 is 0. The monoisotopic (exact) mass is 266 g/mol. The van der Waals surface area contributed by atoms with Crippen LogP contribution >= 0.6 is 15.9 Å². The summed E-state index contributed by atoms with van der Waals surface area (Å²) in [4.78, 5) is 11.7. The summed E-state index contributed by atoms with van der Waals surface area (Å²) >= 11 is 3.53. The number of benzene rings is 1. The first-order valence-corrected chi connectivity index (χ1v) is 6.16. The lowest BCUT2D eigenvalue weighted by atomic mass is 9.78. The topological polar surface area (TPSA) is 17.1 Å². The molecule has 1 nitrogen and oxygen atoms in total. The van der Waals surface area contributed by atoms with E-state index in [1.54, 1.807) is 0 Å². The molecular weight excluding hydrogens is 252 g/mol.